The van der Waals surface area contributed by atoms with Crippen LogP contribution < -0.4 is 0 Å². The van der Waals surface area contributed by atoms with Gasteiger partial charge in [0.05, 0.1) is 13.2 Å². The molecule has 2 rings (SSSR count). The Labute approximate surface area is 134 Å². The van der Waals surface area contributed by atoms with Gasteiger partial charge in [-0.1, -0.05) is 30.1 Å². The van der Waals surface area contributed by atoms with Gasteiger partial charge in [0.2, 0.25) is 0 Å². The van der Waals surface area contributed by atoms with Crippen molar-refractivity contribution >= 4 is 35.1 Å². The number of halogens is 2. The van der Waals surface area contributed by atoms with Gasteiger partial charge >= 0.3 is 11.9 Å². The van der Waals surface area contributed by atoms with Crippen LogP contribution in [0.15, 0.2) is 18.2 Å². The van der Waals surface area contributed by atoms with Gasteiger partial charge in [-0.25, -0.2) is 4.79 Å². The molecule has 2 unspecified atom stereocenters. The summed E-state index contributed by atoms with van der Waals surface area (Å²) >= 11 is 12.1. The van der Waals surface area contributed by atoms with E-state index >= 15 is 0 Å². The predicted molar refractivity (Wildman–Crippen MR) is 81.3 cm³/mol. The molecule has 0 N–H and O–H groups in total. The number of amides is 1. The van der Waals surface area contributed by atoms with E-state index in [4.69, 9.17) is 23.2 Å². The Kier molecular flexibility index (Phi) is 5.12. The molecule has 1 heterocycles. The molecule has 0 bridgehead atoms. The summed E-state index contributed by atoms with van der Waals surface area (Å²) in [6.45, 7) is 2.57. The molecule has 1 aromatic carbocycles. The zero-order valence-corrected chi connectivity index (χ0v) is 13.4. The number of esters is 1. The Morgan fingerprint density at radius 1 is 1.19 bits per heavy atom. The summed E-state index contributed by atoms with van der Waals surface area (Å²) in [4.78, 5) is 25.3. The van der Waals surface area contributed by atoms with E-state index in [-0.39, 0.29) is 6.04 Å². The molecular weight excluding hydrogens is 313 g/mol. The average Bonchev–Trinajstić information content (AvgIpc) is 2.44. The summed E-state index contributed by atoms with van der Waals surface area (Å²) in [5, 5.41) is 1.03. The molecule has 1 amide bonds. The summed E-state index contributed by atoms with van der Waals surface area (Å²) in [6.07, 6.45) is 1.74. The Morgan fingerprint density at radius 2 is 1.81 bits per heavy atom. The second-order valence-corrected chi connectivity index (χ2v) is 6.22. The van der Waals surface area contributed by atoms with Crippen LogP contribution in [0.5, 0.6) is 0 Å². The molecule has 0 aromatic heterocycles. The van der Waals surface area contributed by atoms with Gasteiger partial charge in [0.1, 0.15) is 0 Å². The van der Waals surface area contributed by atoms with Gasteiger partial charge in [-0.2, -0.15) is 0 Å². The zero-order chi connectivity index (χ0) is 15.6. The number of ether oxygens (including phenoxy) is 1. The highest BCUT2D eigenvalue weighted by Gasteiger charge is 2.34. The first kappa shape index (κ1) is 16.1. The van der Waals surface area contributed by atoms with E-state index in [1.165, 1.54) is 7.11 Å². The second kappa shape index (κ2) is 6.67. The van der Waals surface area contributed by atoms with Crippen molar-refractivity contribution in [2.75, 3.05) is 13.7 Å². The molecule has 2 atom stereocenters. The van der Waals surface area contributed by atoms with Crippen molar-refractivity contribution in [3.05, 3.63) is 33.8 Å². The summed E-state index contributed by atoms with van der Waals surface area (Å²) in [5.41, 5.74) is 0.844. The van der Waals surface area contributed by atoms with E-state index in [1.54, 1.807) is 23.1 Å². The third-order valence-electron chi connectivity index (χ3n) is 3.71. The van der Waals surface area contributed by atoms with E-state index in [0.29, 0.717) is 22.5 Å². The zero-order valence-electron chi connectivity index (χ0n) is 11.9. The fraction of sp³-hybridized carbons (Fsp3) is 0.467. The Balaban J connectivity index is 2.34. The number of carbonyl (C=O) groups is 2. The van der Waals surface area contributed by atoms with Crippen molar-refractivity contribution in [3.63, 3.8) is 0 Å². The van der Waals surface area contributed by atoms with Gasteiger partial charge < -0.3 is 9.64 Å². The van der Waals surface area contributed by atoms with Gasteiger partial charge in [0.25, 0.3) is 0 Å². The molecule has 6 heteroatoms. The summed E-state index contributed by atoms with van der Waals surface area (Å²) in [7, 11) is 1.21. The first-order valence-electron chi connectivity index (χ1n) is 6.77. The number of benzene rings is 1. The molecule has 0 spiro atoms. The van der Waals surface area contributed by atoms with E-state index in [0.717, 1.165) is 18.4 Å². The van der Waals surface area contributed by atoms with Gasteiger partial charge in [-0.15, -0.1) is 0 Å². The third-order valence-corrected chi connectivity index (χ3v) is 4.14. The molecule has 0 saturated carbocycles. The number of nitrogens with zero attached hydrogens (tertiary/aromatic N) is 1. The van der Waals surface area contributed by atoms with E-state index in [2.05, 4.69) is 11.7 Å². The molecule has 4 nitrogen and oxygen atoms in total. The van der Waals surface area contributed by atoms with Crippen LogP contribution in [0.25, 0.3) is 0 Å². The average molecular weight is 330 g/mol. The fourth-order valence-corrected chi connectivity index (χ4v) is 3.24. The van der Waals surface area contributed by atoms with Crippen LogP contribution in [0.4, 0.5) is 0 Å². The van der Waals surface area contributed by atoms with Gasteiger partial charge in [0, 0.05) is 16.6 Å². The maximum atomic E-state index is 12.2. The lowest BCUT2D eigenvalue weighted by Crippen LogP contribution is -2.45. The maximum absolute atomic E-state index is 12.2. The highest BCUT2D eigenvalue weighted by molar-refractivity contribution is 6.34. The quantitative estimate of drug-likeness (QED) is 0.585. The molecule has 1 aliphatic rings. The van der Waals surface area contributed by atoms with Crippen molar-refractivity contribution in [3.8, 4) is 0 Å². The molecular formula is C15H17Cl2NO3. The molecule has 114 valence electrons. The van der Waals surface area contributed by atoms with Crippen molar-refractivity contribution in [2.24, 2.45) is 5.92 Å². The van der Waals surface area contributed by atoms with Crippen molar-refractivity contribution in [1.82, 2.24) is 4.90 Å². The number of hydrogen-bond acceptors (Lipinski definition) is 3. The molecule has 21 heavy (non-hydrogen) atoms. The predicted octanol–water partition coefficient (Wildman–Crippen LogP) is 3.47. The number of methoxy groups -OCH3 is 1. The molecule has 1 saturated heterocycles. The number of carbonyl (C=O) groups excluding carboxylic acids is 2. The van der Waals surface area contributed by atoms with Gasteiger partial charge in [-0.3, -0.25) is 4.79 Å². The Hall–Kier alpha value is -1.26. The topological polar surface area (TPSA) is 46.6 Å². The number of rotatable bonds is 1. The molecule has 1 aliphatic heterocycles. The second-order valence-electron chi connectivity index (χ2n) is 5.35. The smallest absolute Gasteiger partial charge is 0.396 e. The van der Waals surface area contributed by atoms with Gasteiger partial charge in [-0.05, 0) is 42.5 Å². The van der Waals surface area contributed by atoms with Crippen molar-refractivity contribution in [2.45, 2.75) is 25.8 Å². The SMILES string of the molecule is COC(=O)C(=O)N1CC(C)CCC1c1cc(Cl)cc(Cl)c1. The van der Waals surface area contributed by atoms with Crippen LogP contribution in [0, 0.1) is 5.92 Å². The largest absolute Gasteiger partial charge is 0.462 e. The maximum Gasteiger partial charge on any atom is 0.396 e. The highest BCUT2D eigenvalue weighted by atomic mass is 35.5. The minimum absolute atomic E-state index is 0.205. The number of piperidine rings is 1. The van der Waals surface area contributed by atoms with Crippen LogP contribution in [-0.4, -0.2) is 30.4 Å². The van der Waals surface area contributed by atoms with Crippen molar-refractivity contribution in [1.29, 1.82) is 0 Å². The van der Waals surface area contributed by atoms with E-state index in [9.17, 15) is 9.59 Å². The van der Waals surface area contributed by atoms with Crippen LogP contribution in [0.1, 0.15) is 31.4 Å². The minimum Gasteiger partial charge on any atom is -0.462 e. The van der Waals surface area contributed by atoms with Crippen molar-refractivity contribution < 1.29 is 14.3 Å². The van der Waals surface area contributed by atoms with Gasteiger partial charge in [0.15, 0.2) is 0 Å². The van der Waals surface area contributed by atoms with E-state index < -0.39 is 11.9 Å². The lowest BCUT2D eigenvalue weighted by molar-refractivity contribution is -0.160. The summed E-state index contributed by atoms with van der Waals surface area (Å²) < 4.78 is 4.55. The summed E-state index contributed by atoms with van der Waals surface area (Å²) in [6, 6.07) is 5.01. The molecule has 0 aliphatic carbocycles. The van der Waals surface area contributed by atoms with Crippen LogP contribution in [0.2, 0.25) is 10.0 Å². The van der Waals surface area contributed by atoms with Crippen LogP contribution >= 0.6 is 23.2 Å². The fourth-order valence-electron chi connectivity index (χ4n) is 2.70. The van der Waals surface area contributed by atoms with E-state index in [1.807, 2.05) is 0 Å². The number of likely N-dealkylation sites (tertiary alicyclic amines) is 1. The normalized spacial score (nSPS) is 22.0. The first-order valence-corrected chi connectivity index (χ1v) is 7.53. The lowest BCUT2D eigenvalue weighted by Gasteiger charge is -2.38. The Morgan fingerprint density at radius 3 is 2.38 bits per heavy atom. The first-order chi connectivity index (χ1) is 9.92. The third kappa shape index (κ3) is 3.69. The molecule has 1 fully saturated rings. The van der Waals surface area contributed by atoms with Crippen LogP contribution in [-0.2, 0) is 14.3 Å². The lowest BCUT2D eigenvalue weighted by atomic mass is 9.90. The Bertz CT molecular complexity index is 542. The molecule has 1 aromatic rings. The monoisotopic (exact) mass is 329 g/mol. The standard InChI is InChI=1S/C15H17Cl2NO3/c1-9-3-4-13(10-5-11(16)7-12(17)6-10)18(8-9)14(19)15(20)21-2/h5-7,9,13H,3-4,8H2,1-2H3. The highest BCUT2D eigenvalue weighted by Crippen LogP contribution is 2.35. The molecule has 0 radical (unpaired) electrons. The minimum atomic E-state index is -0.845. The van der Waals surface area contributed by atoms with Crippen LogP contribution in [0.3, 0.4) is 0 Å². The number of hydrogen-bond donors (Lipinski definition) is 0. The summed E-state index contributed by atoms with van der Waals surface area (Å²) in [5.74, 6) is -1.13.